The summed E-state index contributed by atoms with van der Waals surface area (Å²) in [6.07, 6.45) is 1.75. The van der Waals surface area contributed by atoms with Gasteiger partial charge in [0.15, 0.2) is 0 Å². The number of hydrogen-bond donors (Lipinski definition) is 0. The number of amides is 1. The molecule has 6 nitrogen and oxygen atoms in total. The number of anilines is 1. The van der Waals surface area contributed by atoms with Crippen molar-refractivity contribution < 1.29 is 9.72 Å². The van der Waals surface area contributed by atoms with Crippen LogP contribution in [0, 0.1) is 17.0 Å². The van der Waals surface area contributed by atoms with Crippen molar-refractivity contribution in [1.82, 2.24) is 4.90 Å². The first-order valence-corrected chi connectivity index (χ1v) is 6.63. The zero-order chi connectivity index (χ0) is 14.9. The normalized spacial score (nSPS) is 14.3. The van der Waals surface area contributed by atoms with Gasteiger partial charge in [0.25, 0.3) is 5.69 Å². The number of carbonyl (C=O) groups is 1. The summed E-state index contributed by atoms with van der Waals surface area (Å²) in [5, 5.41) is 11.1. The van der Waals surface area contributed by atoms with Gasteiger partial charge < -0.3 is 9.80 Å². The van der Waals surface area contributed by atoms with Gasteiger partial charge in [0.2, 0.25) is 5.91 Å². The number of nitro groups is 1. The van der Waals surface area contributed by atoms with Gasteiger partial charge in [-0.2, -0.15) is 0 Å². The highest BCUT2D eigenvalue weighted by Crippen LogP contribution is 2.33. The minimum Gasteiger partial charge on any atom is -0.311 e. The molecule has 0 aliphatic carbocycles. The Kier molecular flexibility index (Phi) is 4.04. The highest BCUT2D eigenvalue weighted by Gasteiger charge is 2.26. The Morgan fingerprint density at radius 1 is 1.45 bits per heavy atom. The fraction of sp³-hybridized carbons (Fsp3) is 0.500. The van der Waals surface area contributed by atoms with Crippen LogP contribution in [0.25, 0.3) is 0 Å². The first kappa shape index (κ1) is 14.5. The fourth-order valence-corrected chi connectivity index (χ4v) is 2.56. The van der Waals surface area contributed by atoms with Crippen LogP contribution in [-0.4, -0.2) is 42.9 Å². The Labute approximate surface area is 118 Å². The molecule has 0 saturated carbocycles. The molecular weight excluding hydrogens is 258 g/mol. The molecule has 1 amide bonds. The summed E-state index contributed by atoms with van der Waals surface area (Å²) in [4.78, 5) is 26.4. The maximum absolute atomic E-state index is 12.3. The molecule has 0 radical (unpaired) electrons. The predicted molar refractivity (Wildman–Crippen MR) is 77.1 cm³/mol. The van der Waals surface area contributed by atoms with Gasteiger partial charge >= 0.3 is 0 Å². The van der Waals surface area contributed by atoms with Crippen LogP contribution in [0.5, 0.6) is 0 Å². The molecule has 1 aromatic carbocycles. The van der Waals surface area contributed by atoms with Crippen molar-refractivity contribution in [2.24, 2.45) is 0 Å². The van der Waals surface area contributed by atoms with Gasteiger partial charge in [0.05, 0.1) is 17.2 Å². The first-order valence-electron chi connectivity index (χ1n) is 6.63. The van der Waals surface area contributed by atoms with Crippen molar-refractivity contribution in [3.8, 4) is 0 Å². The summed E-state index contributed by atoms with van der Waals surface area (Å²) < 4.78 is 0. The van der Waals surface area contributed by atoms with Crippen molar-refractivity contribution in [2.75, 3.05) is 32.1 Å². The van der Waals surface area contributed by atoms with Gasteiger partial charge in [-0.05, 0) is 45.5 Å². The lowest BCUT2D eigenvalue weighted by Crippen LogP contribution is -2.40. The summed E-state index contributed by atoms with van der Waals surface area (Å²) in [5.41, 5.74) is 2.44. The second kappa shape index (κ2) is 5.58. The zero-order valence-corrected chi connectivity index (χ0v) is 12.0. The molecule has 1 aliphatic heterocycles. The number of hydrogen-bond acceptors (Lipinski definition) is 4. The molecule has 0 bridgehead atoms. The predicted octanol–water partition coefficient (Wildman–Crippen LogP) is 1.74. The lowest BCUT2D eigenvalue weighted by atomic mass is 9.98. The third kappa shape index (κ3) is 2.80. The smallest absolute Gasteiger partial charge is 0.274 e. The van der Waals surface area contributed by atoms with Crippen LogP contribution in [0.4, 0.5) is 11.4 Å². The highest BCUT2D eigenvalue weighted by molar-refractivity contribution is 5.96. The number of carbonyl (C=O) groups excluding carboxylic acids is 1. The monoisotopic (exact) mass is 277 g/mol. The molecule has 0 N–H and O–H groups in total. The van der Waals surface area contributed by atoms with Gasteiger partial charge in [-0.15, -0.1) is 0 Å². The molecule has 108 valence electrons. The van der Waals surface area contributed by atoms with Crippen molar-refractivity contribution in [1.29, 1.82) is 0 Å². The Morgan fingerprint density at radius 2 is 2.15 bits per heavy atom. The van der Waals surface area contributed by atoms with Gasteiger partial charge in [-0.25, -0.2) is 0 Å². The minimum absolute atomic E-state index is 0.0194. The summed E-state index contributed by atoms with van der Waals surface area (Å²) in [5.74, 6) is -0.0194. The molecule has 0 atom stereocenters. The summed E-state index contributed by atoms with van der Waals surface area (Å²) >= 11 is 0. The van der Waals surface area contributed by atoms with E-state index in [9.17, 15) is 14.9 Å². The minimum atomic E-state index is -0.390. The standard InChI is InChI=1S/C14H19N3O3/c1-10-7-11-5-4-6-16(14(18)9-15(2)3)13(11)8-12(10)17(19)20/h7-8H,4-6,9H2,1-3H3. The molecule has 0 aromatic heterocycles. The SMILES string of the molecule is Cc1cc2c(cc1[N+](=O)[O-])N(C(=O)CN(C)C)CCC2. The van der Waals surface area contributed by atoms with Crippen LogP contribution in [0.3, 0.4) is 0 Å². The topological polar surface area (TPSA) is 66.7 Å². The van der Waals surface area contributed by atoms with E-state index in [4.69, 9.17) is 0 Å². The maximum Gasteiger partial charge on any atom is 0.274 e. The van der Waals surface area contributed by atoms with E-state index in [-0.39, 0.29) is 11.6 Å². The van der Waals surface area contributed by atoms with Gasteiger partial charge in [-0.1, -0.05) is 0 Å². The quantitative estimate of drug-likeness (QED) is 0.623. The lowest BCUT2D eigenvalue weighted by Gasteiger charge is -2.30. The van der Waals surface area contributed by atoms with E-state index < -0.39 is 4.92 Å². The Balaban J connectivity index is 2.41. The van der Waals surface area contributed by atoms with Crippen LogP contribution < -0.4 is 4.90 Å². The van der Waals surface area contributed by atoms with E-state index >= 15 is 0 Å². The number of likely N-dealkylation sites (N-methyl/N-ethyl adjacent to an activating group) is 1. The van der Waals surface area contributed by atoms with Crippen LogP contribution in [0.1, 0.15) is 17.5 Å². The molecule has 0 unspecified atom stereocenters. The van der Waals surface area contributed by atoms with Crippen LogP contribution in [0.15, 0.2) is 12.1 Å². The van der Waals surface area contributed by atoms with Crippen molar-refractivity contribution in [3.63, 3.8) is 0 Å². The van der Waals surface area contributed by atoms with Crippen LogP contribution in [0.2, 0.25) is 0 Å². The molecule has 0 spiro atoms. The molecular formula is C14H19N3O3. The summed E-state index contributed by atoms with van der Waals surface area (Å²) in [6, 6.07) is 3.37. The number of rotatable bonds is 3. The van der Waals surface area contributed by atoms with E-state index in [0.717, 1.165) is 18.4 Å². The number of benzene rings is 1. The van der Waals surface area contributed by atoms with E-state index in [1.165, 1.54) is 6.07 Å². The Morgan fingerprint density at radius 3 is 2.75 bits per heavy atom. The molecule has 1 aromatic rings. The zero-order valence-electron chi connectivity index (χ0n) is 12.0. The number of nitrogens with zero attached hydrogens (tertiary/aromatic N) is 3. The second-order valence-corrected chi connectivity index (χ2v) is 5.41. The first-order chi connectivity index (χ1) is 9.40. The van der Waals surface area contributed by atoms with Gasteiger partial charge in [0.1, 0.15) is 0 Å². The Bertz CT molecular complexity index is 555. The number of nitro benzene ring substituents is 1. The second-order valence-electron chi connectivity index (χ2n) is 5.41. The van der Waals surface area contributed by atoms with E-state index in [1.54, 1.807) is 16.7 Å². The number of fused-ring (bicyclic) bond motifs is 1. The molecule has 1 heterocycles. The molecule has 0 saturated heterocycles. The molecule has 0 fully saturated rings. The Hall–Kier alpha value is -1.95. The summed E-state index contributed by atoms with van der Waals surface area (Å²) in [6.45, 7) is 2.67. The molecule has 20 heavy (non-hydrogen) atoms. The fourth-order valence-electron chi connectivity index (χ4n) is 2.56. The van der Waals surface area contributed by atoms with Crippen LogP contribution >= 0.6 is 0 Å². The molecule has 6 heteroatoms. The third-order valence-electron chi connectivity index (χ3n) is 3.47. The largest absolute Gasteiger partial charge is 0.311 e. The average molecular weight is 277 g/mol. The highest BCUT2D eigenvalue weighted by atomic mass is 16.6. The van der Waals surface area contributed by atoms with Crippen molar-refractivity contribution in [3.05, 3.63) is 33.4 Å². The van der Waals surface area contributed by atoms with E-state index in [0.29, 0.717) is 24.3 Å². The van der Waals surface area contributed by atoms with Crippen LogP contribution in [-0.2, 0) is 11.2 Å². The average Bonchev–Trinajstić information content (AvgIpc) is 2.35. The van der Waals surface area contributed by atoms with E-state index in [1.807, 2.05) is 20.2 Å². The molecule has 2 rings (SSSR count). The lowest BCUT2D eigenvalue weighted by molar-refractivity contribution is -0.385. The summed E-state index contributed by atoms with van der Waals surface area (Å²) in [7, 11) is 3.67. The van der Waals surface area contributed by atoms with Gasteiger partial charge in [-0.3, -0.25) is 14.9 Å². The van der Waals surface area contributed by atoms with E-state index in [2.05, 4.69) is 0 Å². The third-order valence-corrected chi connectivity index (χ3v) is 3.47. The van der Waals surface area contributed by atoms with Crippen molar-refractivity contribution >= 4 is 17.3 Å². The van der Waals surface area contributed by atoms with Crippen molar-refractivity contribution in [2.45, 2.75) is 19.8 Å². The number of aryl methyl sites for hydroxylation is 2. The van der Waals surface area contributed by atoms with Gasteiger partial charge in [0, 0.05) is 18.2 Å². The molecule has 1 aliphatic rings. The maximum atomic E-state index is 12.3.